The van der Waals surface area contributed by atoms with Gasteiger partial charge in [-0.2, -0.15) is 0 Å². The fourth-order valence-electron chi connectivity index (χ4n) is 3.35. The van der Waals surface area contributed by atoms with E-state index in [0.717, 1.165) is 11.1 Å². The second kappa shape index (κ2) is 11.1. The zero-order valence-corrected chi connectivity index (χ0v) is 19.5. The lowest BCUT2D eigenvalue weighted by molar-refractivity contribution is 0.0940. The predicted octanol–water partition coefficient (Wildman–Crippen LogP) is 4.89. The fraction of sp³-hybridized carbons (Fsp3) is 0.107. The number of carbonyl (C=O) groups is 2. The van der Waals surface area contributed by atoms with E-state index in [2.05, 4.69) is 15.6 Å². The molecule has 0 spiro atoms. The molecule has 4 rings (SSSR count). The molecule has 3 N–H and O–H groups in total. The van der Waals surface area contributed by atoms with Crippen molar-refractivity contribution in [1.29, 1.82) is 0 Å². The normalized spacial score (nSPS) is 10.5. The largest absolute Gasteiger partial charge is 0.508 e. The Morgan fingerprint density at radius 1 is 0.889 bits per heavy atom. The summed E-state index contributed by atoms with van der Waals surface area (Å²) in [5, 5.41) is 15.4. The van der Waals surface area contributed by atoms with Crippen molar-refractivity contribution >= 4 is 11.8 Å². The van der Waals surface area contributed by atoms with Crippen LogP contribution in [0.5, 0.6) is 17.4 Å². The summed E-state index contributed by atoms with van der Waals surface area (Å²) >= 11 is 0. The van der Waals surface area contributed by atoms with Crippen LogP contribution in [0.4, 0.5) is 4.39 Å². The zero-order valence-electron chi connectivity index (χ0n) is 19.5. The Bertz CT molecular complexity index is 1370. The van der Waals surface area contributed by atoms with Gasteiger partial charge in [0, 0.05) is 24.8 Å². The number of benzene rings is 3. The van der Waals surface area contributed by atoms with Crippen molar-refractivity contribution in [2.45, 2.75) is 20.0 Å². The highest BCUT2D eigenvalue weighted by molar-refractivity contribution is 5.96. The van der Waals surface area contributed by atoms with E-state index in [1.54, 1.807) is 31.2 Å². The number of amides is 2. The van der Waals surface area contributed by atoms with E-state index in [9.17, 15) is 19.1 Å². The van der Waals surface area contributed by atoms with Crippen molar-refractivity contribution in [3.05, 3.63) is 119 Å². The number of pyridine rings is 1. The Morgan fingerprint density at radius 2 is 1.53 bits per heavy atom. The number of rotatable bonds is 8. The van der Waals surface area contributed by atoms with E-state index >= 15 is 0 Å². The average molecular weight is 486 g/mol. The van der Waals surface area contributed by atoms with Crippen molar-refractivity contribution in [2.24, 2.45) is 0 Å². The molecular formula is C28H24FN3O4. The average Bonchev–Trinajstić information content (AvgIpc) is 2.89. The van der Waals surface area contributed by atoms with E-state index in [1.807, 2.05) is 24.3 Å². The first kappa shape index (κ1) is 24.4. The highest BCUT2D eigenvalue weighted by atomic mass is 19.1. The predicted molar refractivity (Wildman–Crippen MR) is 132 cm³/mol. The van der Waals surface area contributed by atoms with E-state index in [0.29, 0.717) is 23.4 Å². The van der Waals surface area contributed by atoms with Gasteiger partial charge in [0.25, 0.3) is 11.8 Å². The molecule has 0 aliphatic rings. The number of hydrogen-bond donors (Lipinski definition) is 3. The number of phenolic OH excluding ortho intramolecular Hbond substituents is 1. The van der Waals surface area contributed by atoms with Crippen LogP contribution in [0.3, 0.4) is 0 Å². The van der Waals surface area contributed by atoms with Crippen LogP contribution in [0.2, 0.25) is 0 Å². The molecule has 7 nitrogen and oxygen atoms in total. The van der Waals surface area contributed by atoms with Gasteiger partial charge in [0.1, 0.15) is 22.9 Å². The number of nitrogens with one attached hydrogen (secondary N) is 2. The number of phenols is 1. The third-order valence-corrected chi connectivity index (χ3v) is 5.44. The Hall–Kier alpha value is -4.72. The molecule has 0 fully saturated rings. The number of aromatic hydroxyl groups is 1. The minimum absolute atomic E-state index is 0.0782. The highest BCUT2D eigenvalue weighted by Crippen LogP contribution is 2.23. The molecule has 182 valence electrons. The molecule has 2 amide bonds. The molecule has 1 aromatic heterocycles. The van der Waals surface area contributed by atoms with Crippen LogP contribution in [-0.4, -0.2) is 21.9 Å². The van der Waals surface area contributed by atoms with Gasteiger partial charge in [0.2, 0.25) is 5.88 Å². The molecule has 0 saturated heterocycles. The quantitative estimate of drug-likeness (QED) is 0.330. The summed E-state index contributed by atoms with van der Waals surface area (Å²) in [5.41, 5.74) is 3.09. The Morgan fingerprint density at radius 3 is 2.17 bits per heavy atom. The van der Waals surface area contributed by atoms with Crippen molar-refractivity contribution in [1.82, 2.24) is 15.6 Å². The first-order valence-electron chi connectivity index (χ1n) is 11.2. The molecule has 0 aliphatic heterocycles. The lowest BCUT2D eigenvalue weighted by Gasteiger charge is -2.11. The fourth-order valence-corrected chi connectivity index (χ4v) is 3.35. The Labute approximate surface area is 207 Å². The van der Waals surface area contributed by atoms with Crippen LogP contribution in [0.1, 0.15) is 37.4 Å². The molecule has 8 heteroatoms. The maximum absolute atomic E-state index is 13.1. The first-order valence-corrected chi connectivity index (χ1v) is 11.2. The number of carbonyl (C=O) groups excluding carboxylic acids is 2. The van der Waals surface area contributed by atoms with E-state index in [-0.39, 0.29) is 41.4 Å². The summed E-state index contributed by atoms with van der Waals surface area (Å²) in [6, 6.07) is 20.9. The Kier molecular flexibility index (Phi) is 7.55. The van der Waals surface area contributed by atoms with E-state index in [1.165, 1.54) is 36.5 Å². The van der Waals surface area contributed by atoms with E-state index < -0.39 is 0 Å². The second-order valence-corrected chi connectivity index (χ2v) is 8.10. The van der Waals surface area contributed by atoms with Gasteiger partial charge in [-0.25, -0.2) is 9.37 Å². The number of hydrogen-bond acceptors (Lipinski definition) is 5. The number of aromatic nitrogens is 1. The maximum atomic E-state index is 13.1. The van der Waals surface area contributed by atoms with E-state index in [4.69, 9.17) is 4.74 Å². The molecule has 36 heavy (non-hydrogen) atoms. The SMILES string of the molecule is Cc1ccc(C(=O)NCc2ccc(CNC(=O)c3cccnc3Oc3ccc(F)cc3)cc2)cc1O. The molecule has 4 aromatic rings. The number of aryl methyl sites for hydroxylation is 1. The first-order chi connectivity index (χ1) is 17.4. The monoisotopic (exact) mass is 485 g/mol. The van der Waals surface area contributed by atoms with Crippen LogP contribution < -0.4 is 15.4 Å². The van der Waals surface area contributed by atoms with Crippen LogP contribution in [0.15, 0.2) is 85.1 Å². The number of halogens is 1. The summed E-state index contributed by atoms with van der Waals surface area (Å²) in [7, 11) is 0. The van der Waals surface area contributed by atoms with Gasteiger partial charge < -0.3 is 20.5 Å². The Balaban J connectivity index is 1.31. The van der Waals surface area contributed by atoms with Crippen LogP contribution in [0, 0.1) is 12.7 Å². The molecule has 0 saturated carbocycles. The van der Waals surface area contributed by atoms with Gasteiger partial charge in [0.15, 0.2) is 0 Å². The summed E-state index contributed by atoms with van der Waals surface area (Å²) < 4.78 is 18.8. The minimum atomic E-state index is -0.388. The number of ether oxygens (including phenoxy) is 1. The third kappa shape index (κ3) is 6.24. The van der Waals surface area contributed by atoms with Gasteiger partial charge in [-0.1, -0.05) is 30.3 Å². The molecule has 3 aromatic carbocycles. The van der Waals surface area contributed by atoms with Gasteiger partial charge in [-0.05, 0) is 72.1 Å². The topological polar surface area (TPSA) is 101 Å². The lowest BCUT2D eigenvalue weighted by Crippen LogP contribution is -2.24. The lowest BCUT2D eigenvalue weighted by atomic mass is 10.1. The molecule has 1 heterocycles. The van der Waals surface area contributed by atoms with Crippen molar-refractivity contribution in [3.63, 3.8) is 0 Å². The summed E-state index contributed by atoms with van der Waals surface area (Å²) in [5.74, 6) is -0.467. The van der Waals surface area contributed by atoms with Gasteiger partial charge in [0.05, 0.1) is 0 Å². The van der Waals surface area contributed by atoms with Crippen LogP contribution in [-0.2, 0) is 13.1 Å². The van der Waals surface area contributed by atoms with Crippen molar-refractivity contribution in [2.75, 3.05) is 0 Å². The third-order valence-electron chi connectivity index (χ3n) is 5.44. The van der Waals surface area contributed by atoms with Crippen LogP contribution >= 0.6 is 0 Å². The van der Waals surface area contributed by atoms with Gasteiger partial charge in [-0.15, -0.1) is 0 Å². The zero-order chi connectivity index (χ0) is 25.5. The van der Waals surface area contributed by atoms with Crippen LogP contribution in [0.25, 0.3) is 0 Å². The standard InChI is InChI=1S/C28H24FN3O4/c1-18-4-9-21(15-25(18)33)26(34)31-16-19-5-7-20(8-6-19)17-32-27(35)24-3-2-14-30-28(24)36-23-12-10-22(29)11-13-23/h2-15,33H,16-17H2,1H3,(H,31,34)(H,32,35). The second-order valence-electron chi connectivity index (χ2n) is 8.10. The molecule has 0 atom stereocenters. The number of nitrogens with zero attached hydrogens (tertiary/aromatic N) is 1. The van der Waals surface area contributed by atoms with Gasteiger partial charge in [-0.3, -0.25) is 9.59 Å². The minimum Gasteiger partial charge on any atom is -0.508 e. The molecule has 0 bridgehead atoms. The summed E-state index contributed by atoms with van der Waals surface area (Å²) in [6.45, 7) is 2.36. The molecule has 0 unspecified atom stereocenters. The molecule has 0 radical (unpaired) electrons. The smallest absolute Gasteiger partial charge is 0.257 e. The van der Waals surface area contributed by atoms with Crippen molar-refractivity contribution < 1.29 is 23.8 Å². The molecule has 0 aliphatic carbocycles. The van der Waals surface area contributed by atoms with Crippen molar-refractivity contribution in [3.8, 4) is 17.4 Å². The highest BCUT2D eigenvalue weighted by Gasteiger charge is 2.14. The summed E-state index contributed by atoms with van der Waals surface area (Å²) in [4.78, 5) is 29.2. The maximum Gasteiger partial charge on any atom is 0.257 e. The van der Waals surface area contributed by atoms with Gasteiger partial charge >= 0.3 is 0 Å². The summed E-state index contributed by atoms with van der Waals surface area (Å²) in [6.07, 6.45) is 1.51. The molecular weight excluding hydrogens is 461 g/mol.